The predicted octanol–water partition coefficient (Wildman–Crippen LogP) is 2.45. The van der Waals surface area contributed by atoms with Crippen molar-refractivity contribution in [3.63, 3.8) is 0 Å². The highest BCUT2D eigenvalue weighted by atomic mass is 16.3. The molecule has 2 fully saturated rings. The Morgan fingerprint density at radius 3 is 2.76 bits per heavy atom. The van der Waals surface area contributed by atoms with Gasteiger partial charge in [-0.25, -0.2) is 9.97 Å². The first-order chi connectivity index (χ1) is 10.00. The van der Waals surface area contributed by atoms with Gasteiger partial charge >= 0.3 is 0 Å². The fourth-order valence-electron chi connectivity index (χ4n) is 3.09. The van der Waals surface area contributed by atoms with Crippen LogP contribution in [0, 0.1) is 6.92 Å². The first kappa shape index (κ1) is 14.6. The molecule has 0 spiro atoms. The third kappa shape index (κ3) is 3.12. The van der Waals surface area contributed by atoms with Crippen molar-refractivity contribution in [2.75, 3.05) is 29.9 Å². The Labute approximate surface area is 126 Å². The molecule has 1 aromatic heterocycles. The molecule has 2 heterocycles. The fraction of sp³-hybridized carbons (Fsp3) is 0.750. The van der Waals surface area contributed by atoms with Crippen LogP contribution in [-0.2, 0) is 0 Å². The van der Waals surface area contributed by atoms with Gasteiger partial charge in [-0.3, -0.25) is 0 Å². The number of β-amino-alcohol motifs (C(OH)–C–C–N with tert-alkyl or cyclic N) is 1. The molecular weight excluding hydrogens is 264 g/mol. The quantitative estimate of drug-likeness (QED) is 0.892. The van der Waals surface area contributed by atoms with Gasteiger partial charge in [0.1, 0.15) is 17.5 Å². The van der Waals surface area contributed by atoms with E-state index in [1.807, 2.05) is 6.92 Å². The molecule has 0 amide bonds. The number of aliphatic hydroxyl groups is 1. The van der Waals surface area contributed by atoms with Crippen molar-refractivity contribution >= 4 is 11.6 Å². The minimum Gasteiger partial charge on any atom is -0.388 e. The van der Waals surface area contributed by atoms with Gasteiger partial charge in [0.2, 0.25) is 0 Å². The first-order valence-corrected chi connectivity index (χ1v) is 8.10. The van der Waals surface area contributed by atoms with E-state index in [9.17, 15) is 5.11 Å². The average Bonchev–Trinajstić information content (AvgIpc) is 3.24. The molecule has 1 atom stereocenters. The van der Waals surface area contributed by atoms with Gasteiger partial charge in [-0.05, 0) is 46.5 Å². The zero-order chi connectivity index (χ0) is 15.0. The molecule has 5 nitrogen and oxygen atoms in total. The van der Waals surface area contributed by atoms with Gasteiger partial charge in [0.15, 0.2) is 0 Å². The molecule has 0 bridgehead atoms. The summed E-state index contributed by atoms with van der Waals surface area (Å²) >= 11 is 0. The maximum absolute atomic E-state index is 10.4. The van der Waals surface area contributed by atoms with Gasteiger partial charge in [0.05, 0.1) is 5.60 Å². The summed E-state index contributed by atoms with van der Waals surface area (Å²) in [6.45, 7) is 8.56. The summed E-state index contributed by atoms with van der Waals surface area (Å²) in [7, 11) is 0. The number of nitrogens with one attached hydrogen (secondary N) is 1. The summed E-state index contributed by atoms with van der Waals surface area (Å²) in [5.41, 5.74) is 0.479. The lowest BCUT2D eigenvalue weighted by molar-refractivity contribution is 0.0446. The van der Waals surface area contributed by atoms with E-state index in [1.54, 1.807) is 0 Å². The van der Waals surface area contributed by atoms with Crippen LogP contribution in [0.4, 0.5) is 11.6 Å². The Balaban J connectivity index is 1.95. The lowest BCUT2D eigenvalue weighted by Gasteiger charge is -2.38. The molecule has 1 aliphatic carbocycles. The minimum absolute atomic E-state index is 0.534. The summed E-state index contributed by atoms with van der Waals surface area (Å²) in [6, 6.07) is 0. The van der Waals surface area contributed by atoms with Crippen molar-refractivity contribution in [3.8, 4) is 0 Å². The van der Waals surface area contributed by atoms with E-state index in [1.165, 1.54) is 12.8 Å². The number of hydrogen-bond acceptors (Lipinski definition) is 5. The molecule has 5 heteroatoms. The van der Waals surface area contributed by atoms with Crippen LogP contribution in [0.15, 0.2) is 0 Å². The van der Waals surface area contributed by atoms with E-state index < -0.39 is 5.60 Å². The summed E-state index contributed by atoms with van der Waals surface area (Å²) in [4.78, 5) is 11.8. The smallest absolute Gasteiger partial charge is 0.137 e. The van der Waals surface area contributed by atoms with Crippen LogP contribution in [-0.4, -0.2) is 40.3 Å². The van der Waals surface area contributed by atoms with Crippen molar-refractivity contribution in [3.05, 3.63) is 11.4 Å². The topological polar surface area (TPSA) is 61.3 Å². The van der Waals surface area contributed by atoms with Crippen LogP contribution < -0.4 is 10.2 Å². The summed E-state index contributed by atoms with van der Waals surface area (Å²) in [5.74, 6) is 3.46. The fourth-order valence-corrected chi connectivity index (χ4v) is 3.09. The largest absolute Gasteiger partial charge is 0.388 e. The van der Waals surface area contributed by atoms with Crippen molar-refractivity contribution in [2.24, 2.45) is 0 Å². The van der Waals surface area contributed by atoms with E-state index >= 15 is 0 Å². The maximum atomic E-state index is 10.4. The summed E-state index contributed by atoms with van der Waals surface area (Å²) in [6.07, 6.45) is 4.27. The third-order valence-corrected chi connectivity index (χ3v) is 4.40. The zero-order valence-corrected chi connectivity index (χ0v) is 13.3. The molecule has 21 heavy (non-hydrogen) atoms. The van der Waals surface area contributed by atoms with Gasteiger partial charge in [-0.2, -0.15) is 0 Å². The molecule has 2 aliphatic rings. The van der Waals surface area contributed by atoms with Crippen molar-refractivity contribution < 1.29 is 5.11 Å². The van der Waals surface area contributed by atoms with Crippen LogP contribution in [0.2, 0.25) is 0 Å². The normalized spacial score (nSPS) is 26.0. The van der Waals surface area contributed by atoms with E-state index in [4.69, 9.17) is 9.97 Å². The second kappa shape index (κ2) is 5.44. The van der Waals surface area contributed by atoms with Crippen LogP contribution >= 0.6 is 0 Å². The summed E-state index contributed by atoms with van der Waals surface area (Å²) < 4.78 is 0. The Morgan fingerprint density at radius 2 is 2.14 bits per heavy atom. The Bertz CT molecular complexity index is 525. The lowest BCUT2D eigenvalue weighted by atomic mass is 9.95. The number of aromatic nitrogens is 2. The van der Waals surface area contributed by atoms with Gasteiger partial charge in [0.25, 0.3) is 0 Å². The second-order valence-corrected chi connectivity index (χ2v) is 6.71. The molecule has 1 aromatic rings. The molecule has 3 rings (SSSR count). The number of rotatable bonds is 4. The molecule has 1 saturated carbocycles. The highest BCUT2D eigenvalue weighted by Crippen LogP contribution is 2.40. The monoisotopic (exact) mass is 290 g/mol. The standard InChI is InChI=1S/C16H26N4O/c1-4-17-13-11(2)15(19-14(18-13)12-6-7-12)20-9-5-8-16(3,21)10-20/h12,21H,4-10H2,1-3H3,(H,17,18,19). The maximum Gasteiger partial charge on any atom is 0.137 e. The predicted molar refractivity (Wildman–Crippen MR) is 85.0 cm³/mol. The van der Waals surface area contributed by atoms with Crippen LogP contribution in [0.3, 0.4) is 0 Å². The van der Waals surface area contributed by atoms with E-state index in [-0.39, 0.29) is 0 Å². The minimum atomic E-state index is -0.617. The van der Waals surface area contributed by atoms with Gasteiger partial charge in [0, 0.05) is 31.1 Å². The number of anilines is 2. The Morgan fingerprint density at radius 1 is 1.38 bits per heavy atom. The first-order valence-electron chi connectivity index (χ1n) is 8.10. The number of piperidine rings is 1. The average molecular weight is 290 g/mol. The Hall–Kier alpha value is -1.36. The summed E-state index contributed by atoms with van der Waals surface area (Å²) in [5, 5.41) is 13.7. The SMILES string of the molecule is CCNc1nc(C2CC2)nc(N2CCCC(C)(O)C2)c1C. The third-order valence-electron chi connectivity index (χ3n) is 4.40. The molecule has 1 aliphatic heterocycles. The molecular formula is C16H26N4O. The van der Waals surface area contributed by atoms with Gasteiger partial charge in [-0.1, -0.05) is 0 Å². The molecule has 1 unspecified atom stereocenters. The van der Waals surface area contributed by atoms with Crippen molar-refractivity contribution in [2.45, 2.75) is 58.0 Å². The molecule has 2 N–H and O–H groups in total. The van der Waals surface area contributed by atoms with Crippen molar-refractivity contribution in [1.29, 1.82) is 0 Å². The molecule has 1 saturated heterocycles. The highest BCUT2D eigenvalue weighted by molar-refractivity contribution is 5.59. The van der Waals surface area contributed by atoms with Crippen LogP contribution in [0.5, 0.6) is 0 Å². The molecule has 0 aromatic carbocycles. The van der Waals surface area contributed by atoms with E-state index in [0.29, 0.717) is 12.5 Å². The zero-order valence-electron chi connectivity index (χ0n) is 13.3. The van der Waals surface area contributed by atoms with Crippen LogP contribution in [0.1, 0.15) is 56.8 Å². The highest BCUT2D eigenvalue weighted by Gasteiger charge is 2.32. The van der Waals surface area contributed by atoms with Gasteiger partial charge in [-0.15, -0.1) is 0 Å². The number of nitrogens with zero attached hydrogens (tertiary/aromatic N) is 3. The second-order valence-electron chi connectivity index (χ2n) is 6.71. The lowest BCUT2D eigenvalue weighted by Crippen LogP contribution is -2.46. The van der Waals surface area contributed by atoms with Crippen molar-refractivity contribution in [1.82, 2.24) is 9.97 Å². The molecule has 0 radical (unpaired) electrons. The number of hydrogen-bond donors (Lipinski definition) is 2. The van der Waals surface area contributed by atoms with Gasteiger partial charge < -0.3 is 15.3 Å². The van der Waals surface area contributed by atoms with E-state index in [2.05, 4.69) is 24.1 Å². The van der Waals surface area contributed by atoms with Crippen LogP contribution in [0.25, 0.3) is 0 Å². The Kier molecular flexibility index (Phi) is 3.78. The van der Waals surface area contributed by atoms with E-state index in [0.717, 1.165) is 49.0 Å². The molecule has 116 valence electrons.